The maximum Gasteiger partial charge on any atom is 0.228 e. The van der Waals surface area contributed by atoms with E-state index in [4.69, 9.17) is 21.1 Å². The van der Waals surface area contributed by atoms with E-state index in [-0.39, 0.29) is 12.3 Å². The molecule has 0 aliphatic carbocycles. The zero-order chi connectivity index (χ0) is 20.4. The van der Waals surface area contributed by atoms with Crippen LogP contribution < -0.4 is 14.8 Å². The average molecular weight is 412 g/mol. The van der Waals surface area contributed by atoms with E-state index in [2.05, 4.69) is 10.4 Å². The summed E-state index contributed by atoms with van der Waals surface area (Å²) in [6.45, 7) is 5.11. The molecule has 0 radical (unpaired) electrons. The lowest BCUT2D eigenvalue weighted by Gasteiger charge is -2.11. The molecule has 1 amide bonds. The van der Waals surface area contributed by atoms with Crippen molar-refractivity contribution in [2.45, 2.75) is 26.7 Å². The molecule has 1 aromatic heterocycles. The van der Waals surface area contributed by atoms with Crippen LogP contribution in [0.4, 0.5) is 5.69 Å². The standard InChI is InChI=1S/C22H22ClN3O3/c1-14-19(15(2)26(25-14)18-7-4-16(23)5-8-18)13-22(27)24-17-6-9-20-21(12-17)29-11-3-10-28-20/h4-9,12H,3,10-11,13H2,1-2H3,(H,24,27). The molecule has 0 saturated carbocycles. The van der Waals surface area contributed by atoms with Gasteiger partial charge in [0.05, 0.1) is 31.0 Å². The second kappa shape index (κ2) is 8.17. The van der Waals surface area contributed by atoms with Gasteiger partial charge in [0, 0.05) is 34.5 Å². The van der Waals surface area contributed by atoms with Gasteiger partial charge in [0.2, 0.25) is 5.91 Å². The Morgan fingerprint density at radius 3 is 2.59 bits per heavy atom. The summed E-state index contributed by atoms with van der Waals surface area (Å²) in [5.74, 6) is 1.25. The highest BCUT2D eigenvalue weighted by Gasteiger charge is 2.17. The molecule has 1 aliphatic heterocycles. The van der Waals surface area contributed by atoms with Crippen LogP contribution >= 0.6 is 11.6 Å². The lowest BCUT2D eigenvalue weighted by Crippen LogP contribution is -2.15. The number of hydrogen-bond donors (Lipinski definition) is 1. The SMILES string of the molecule is Cc1nn(-c2ccc(Cl)cc2)c(C)c1CC(=O)Nc1ccc2c(c1)OCCCO2. The van der Waals surface area contributed by atoms with E-state index in [0.29, 0.717) is 35.4 Å². The van der Waals surface area contributed by atoms with Crippen LogP contribution in [0.2, 0.25) is 5.02 Å². The Morgan fingerprint density at radius 1 is 1.10 bits per heavy atom. The minimum Gasteiger partial charge on any atom is -0.490 e. The first-order chi connectivity index (χ1) is 14.0. The van der Waals surface area contributed by atoms with Gasteiger partial charge in [0.1, 0.15) is 0 Å². The number of aryl methyl sites for hydroxylation is 1. The van der Waals surface area contributed by atoms with Gasteiger partial charge in [0.25, 0.3) is 0 Å². The number of nitrogens with one attached hydrogen (secondary N) is 1. The fraction of sp³-hybridized carbons (Fsp3) is 0.273. The molecular weight excluding hydrogens is 390 g/mol. The Bertz CT molecular complexity index is 1040. The minimum atomic E-state index is -0.110. The zero-order valence-electron chi connectivity index (χ0n) is 16.4. The van der Waals surface area contributed by atoms with Crippen LogP contribution in [0.15, 0.2) is 42.5 Å². The third kappa shape index (κ3) is 4.22. The number of carbonyl (C=O) groups excluding carboxylic acids is 1. The van der Waals surface area contributed by atoms with E-state index in [0.717, 1.165) is 29.1 Å². The van der Waals surface area contributed by atoms with Gasteiger partial charge in [-0.05, 0) is 50.2 Å². The first kappa shape index (κ1) is 19.3. The van der Waals surface area contributed by atoms with E-state index in [1.807, 2.05) is 54.9 Å². The predicted molar refractivity (Wildman–Crippen MR) is 112 cm³/mol. The Morgan fingerprint density at radius 2 is 1.83 bits per heavy atom. The number of hydrogen-bond acceptors (Lipinski definition) is 4. The highest BCUT2D eigenvalue weighted by Crippen LogP contribution is 2.32. The molecule has 4 rings (SSSR count). The molecule has 29 heavy (non-hydrogen) atoms. The van der Waals surface area contributed by atoms with E-state index in [9.17, 15) is 4.79 Å². The largest absolute Gasteiger partial charge is 0.490 e. The monoisotopic (exact) mass is 411 g/mol. The van der Waals surface area contributed by atoms with Crippen molar-refractivity contribution in [2.24, 2.45) is 0 Å². The molecule has 0 fully saturated rings. The summed E-state index contributed by atoms with van der Waals surface area (Å²) < 4.78 is 13.2. The molecule has 6 nitrogen and oxygen atoms in total. The molecule has 3 aromatic rings. The van der Waals surface area contributed by atoms with Gasteiger partial charge in [-0.2, -0.15) is 5.10 Å². The second-order valence-electron chi connectivity index (χ2n) is 6.97. The maximum absolute atomic E-state index is 12.7. The lowest BCUT2D eigenvalue weighted by molar-refractivity contribution is -0.115. The average Bonchev–Trinajstić information content (AvgIpc) is 2.87. The predicted octanol–water partition coefficient (Wildman–Crippen LogP) is 4.49. The molecule has 0 spiro atoms. The quantitative estimate of drug-likeness (QED) is 0.687. The summed E-state index contributed by atoms with van der Waals surface area (Å²) in [5.41, 5.74) is 4.25. The Labute approximate surface area is 174 Å². The molecule has 7 heteroatoms. The number of ether oxygens (including phenoxy) is 2. The van der Waals surface area contributed by atoms with Crippen molar-refractivity contribution in [1.82, 2.24) is 9.78 Å². The topological polar surface area (TPSA) is 65.4 Å². The van der Waals surface area contributed by atoms with Crippen molar-refractivity contribution < 1.29 is 14.3 Å². The third-order valence-electron chi connectivity index (χ3n) is 4.88. The molecule has 2 heterocycles. The van der Waals surface area contributed by atoms with Crippen LogP contribution in [0.25, 0.3) is 5.69 Å². The summed E-state index contributed by atoms with van der Waals surface area (Å²) in [6.07, 6.45) is 1.08. The number of benzene rings is 2. The highest BCUT2D eigenvalue weighted by atomic mass is 35.5. The van der Waals surface area contributed by atoms with Crippen LogP contribution in [0.5, 0.6) is 11.5 Å². The van der Waals surface area contributed by atoms with Crippen LogP contribution in [0, 0.1) is 13.8 Å². The van der Waals surface area contributed by atoms with Gasteiger partial charge in [-0.1, -0.05) is 11.6 Å². The number of aromatic nitrogens is 2. The van der Waals surface area contributed by atoms with E-state index >= 15 is 0 Å². The number of fused-ring (bicyclic) bond motifs is 1. The summed E-state index contributed by atoms with van der Waals surface area (Å²) in [6, 6.07) is 12.9. The smallest absolute Gasteiger partial charge is 0.228 e. The van der Waals surface area contributed by atoms with Crippen molar-refractivity contribution in [1.29, 1.82) is 0 Å². The van der Waals surface area contributed by atoms with Gasteiger partial charge in [-0.15, -0.1) is 0 Å². The molecule has 1 aliphatic rings. The molecule has 1 N–H and O–H groups in total. The summed E-state index contributed by atoms with van der Waals surface area (Å²) >= 11 is 5.98. The Hall–Kier alpha value is -2.99. The lowest BCUT2D eigenvalue weighted by atomic mass is 10.1. The molecule has 0 unspecified atom stereocenters. The van der Waals surface area contributed by atoms with Crippen molar-refractivity contribution in [3.05, 3.63) is 64.4 Å². The summed E-state index contributed by atoms with van der Waals surface area (Å²) in [5, 5.41) is 8.21. The fourth-order valence-corrected chi connectivity index (χ4v) is 3.50. The first-order valence-corrected chi connectivity index (χ1v) is 9.89. The maximum atomic E-state index is 12.7. The van der Waals surface area contributed by atoms with Crippen LogP contribution in [0.1, 0.15) is 23.4 Å². The number of amides is 1. The molecule has 0 bridgehead atoms. The molecule has 150 valence electrons. The number of rotatable bonds is 4. The molecule has 0 atom stereocenters. The fourth-order valence-electron chi connectivity index (χ4n) is 3.37. The van der Waals surface area contributed by atoms with E-state index in [1.165, 1.54) is 0 Å². The zero-order valence-corrected chi connectivity index (χ0v) is 17.1. The highest BCUT2D eigenvalue weighted by molar-refractivity contribution is 6.30. The van der Waals surface area contributed by atoms with Gasteiger partial charge in [-0.25, -0.2) is 4.68 Å². The van der Waals surface area contributed by atoms with Crippen LogP contribution in [0.3, 0.4) is 0 Å². The second-order valence-corrected chi connectivity index (χ2v) is 7.41. The number of carbonyl (C=O) groups is 1. The van der Waals surface area contributed by atoms with Gasteiger partial charge >= 0.3 is 0 Å². The van der Waals surface area contributed by atoms with Gasteiger partial charge in [-0.3, -0.25) is 4.79 Å². The Balaban J connectivity index is 1.50. The number of anilines is 1. The summed E-state index contributed by atoms with van der Waals surface area (Å²) in [4.78, 5) is 12.7. The molecular formula is C22H22ClN3O3. The van der Waals surface area contributed by atoms with Crippen molar-refractivity contribution in [3.63, 3.8) is 0 Å². The van der Waals surface area contributed by atoms with Gasteiger partial charge < -0.3 is 14.8 Å². The van der Waals surface area contributed by atoms with Crippen molar-refractivity contribution in [3.8, 4) is 17.2 Å². The van der Waals surface area contributed by atoms with Crippen molar-refractivity contribution in [2.75, 3.05) is 18.5 Å². The first-order valence-electron chi connectivity index (χ1n) is 9.52. The van der Waals surface area contributed by atoms with Crippen LogP contribution in [-0.2, 0) is 11.2 Å². The van der Waals surface area contributed by atoms with E-state index < -0.39 is 0 Å². The molecule has 0 saturated heterocycles. The molecule has 2 aromatic carbocycles. The third-order valence-corrected chi connectivity index (χ3v) is 5.13. The minimum absolute atomic E-state index is 0.110. The van der Waals surface area contributed by atoms with Crippen molar-refractivity contribution >= 4 is 23.2 Å². The number of halogens is 1. The number of nitrogens with zero attached hydrogens (tertiary/aromatic N) is 2. The summed E-state index contributed by atoms with van der Waals surface area (Å²) in [7, 11) is 0. The van der Waals surface area contributed by atoms with Gasteiger partial charge in [0.15, 0.2) is 11.5 Å². The van der Waals surface area contributed by atoms with E-state index in [1.54, 1.807) is 6.07 Å². The normalized spacial score (nSPS) is 13.1. The Kier molecular flexibility index (Phi) is 5.45. The van der Waals surface area contributed by atoms with Crippen LogP contribution in [-0.4, -0.2) is 28.9 Å².